The van der Waals surface area contributed by atoms with E-state index < -0.39 is 6.29 Å². The molecule has 6 rings (SSSR count). The molecule has 0 amide bonds. The van der Waals surface area contributed by atoms with E-state index in [1.807, 2.05) is 24.3 Å². The van der Waals surface area contributed by atoms with E-state index in [0.29, 0.717) is 19.8 Å². The van der Waals surface area contributed by atoms with Crippen LogP contribution in [0.4, 0.5) is 0 Å². The maximum atomic E-state index is 9.54. The molecular formula is C33H40N2O5. The first-order chi connectivity index (χ1) is 19.6. The number of aliphatic hydroxyl groups is 1. The third-order valence-electron chi connectivity index (χ3n) is 8.67. The molecule has 7 heteroatoms. The van der Waals surface area contributed by atoms with E-state index in [0.717, 1.165) is 65.9 Å². The van der Waals surface area contributed by atoms with Crippen molar-refractivity contribution < 1.29 is 24.1 Å². The lowest BCUT2D eigenvalue weighted by molar-refractivity contribution is -0.278. The predicted molar refractivity (Wildman–Crippen MR) is 153 cm³/mol. The van der Waals surface area contributed by atoms with E-state index in [1.165, 1.54) is 0 Å². The highest BCUT2D eigenvalue weighted by Crippen LogP contribution is 2.42. The van der Waals surface area contributed by atoms with Crippen molar-refractivity contribution in [1.29, 1.82) is 0 Å². The summed E-state index contributed by atoms with van der Waals surface area (Å²) in [4.78, 5) is 2.47. The molecule has 1 spiro atoms. The first kappa shape index (κ1) is 27.5. The number of nitrogens with two attached hydrogens (primary N) is 1. The lowest BCUT2D eigenvalue weighted by Crippen LogP contribution is -2.50. The molecule has 212 valence electrons. The van der Waals surface area contributed by atoms with Gasteiger partial charge in [-0.2, -0.15) is 0 Å². The van der Waals surface area contributed by atoms with Gasteiger partial charge in [0.05, 0.1) is 32.0 Å². The van der Waals surface area contributed by atoms with Crippen LogP contribution >= 0.6 is 0 Å². The van der Waals surface area contributed by atoms with E-state index in [9.17, 15) is 5.11 Å². The lowest BCUT2D eigenvalue weighted by Gasteiger charge is -2.44. The smallest absolute Gasteiger partial charge is 0.184 e. The Hall–Kier alpha value is -2.62. The van der Waals surface area contributed by atoms with Crippen molar-refractivity contribution in [2.24, 2.45) is 11.7 Å². The van der Waals surface area contributed by atoms with Crippen molar-refractivity contribution in [1.82, 2.24) is 4.90 Å². The highest BCUT2D eigenvalue weighted by atomic mass is 16.7. The standard InChI is InChI=1S/C33H40N2O5/c1-23-30(21-35-15-13-33(14-16-35)37-17-18-38-33)39-32(40-31(23)27-7-5-24(22-36)6-8-27)28-11-9-26(10-12-28)29-4-2-3-25(19-29)20-34/h2-12,19,23,30-32,36H,13-18,20-22,34H2,1H3/t23-,30+,31+,32+/m0/s1. The SMILES string of the molecule is C[C@H]1[C@@H](CN2CCC3(CC2)OCCO3)O[C@@H](c2ccc(-c3cccc(CN)c3)cc2)O[C@H]1c1ccc(CO)cc1. The molecule has 3 saturated heterocycles. The van der Waals surface area contributed by atoms with Gasteiger partial charge in [0.15, 0.2) is 12.1 Å². The highest BCUT2D eigenvalue weighted by Gasteiger charge is 2.43. The maximum Gasteiger partial charge on any atom is 0.184 e. The Bertz CT molecular complexity index is 1250. The summed E-state index contributed by atoms with van der Waals surface area (Å²) in [6.45, 7) is 6.81. The molecule has 3 fully saturated rings. The molecule has 0 radical (unpaired) electrons. The van der Waals surface area contributed by atoms with Crippen molar-refractivity contribution in [3.8, 4) is 11.1 Å². The summed E-state index contributed by atoms with van der Waals surface area (Å²) < 4.78 is 25.2. The zero-order chi connectivity index (χ0) is 27.5. The van der Waals surface area contributed by atoms with Gasteiger partial charge in [-0.3, -0.25) is 0 Å². The minimum atomic E-state index is -0.481. The third-order valence-corrected chi connectivity index (χ3v) is 8.67. The summed E-state index contributed by atoms with van der Waals surface area (Å²) >= 11 is 0. The van der Waals surface area contributed by atoms with Gasteiger partial charge in [0.1, 0.15) is 0 Å². The maximum absolute atomic E-state index is 9.54. The Morgan fingerprint density at radius 3 is 2.23 bits per heavy atom. The van der Waals surface area contributed by atoms with Gasteiger partial charge in [-0.15, -0.1) is 0 Å². The summed E-state index contributed by atoms with van der Waals surface area (Å²) in [6.07, 6.45) is 1.14. The van der Waals surface area contributed by atoms with Crippen molar-refractivity contribution in [3.05, 3.63) is 95.1 Å². The molecule has 3 aliphatic heterocycles. The van der Waals surface area contributed by atoms with Crippen LogP contribution in [0.25, 0.3) is 11.1 Å². The minimum absolute atomic E-state index is 0.0124. The van der Waals surface area contributed by atoms with Gasteiger partial charge in [0.25, 0.3) is 0 Å². The van der Waals surface area contributed by atoms with Gasteiger partial charge in [0, 0.05) is 50.5 Å². The summed E-state index contributed by atoms with van der Waals surface area (Å²) in [7, 11) is 0. The van der Waals surface area contributed by atoms with Crippen molar-refractivity contribution in [2.75, 3.05) is 32.8 Å². The molecule has 0 aromatic heterocycles. The van der Waals surface area contributed by atoms with Crippen LogP contribution in [0.5, 0.6) is 0 Å². The molecule has 4 atom stereocenters. The average molecular weight is 545 g/mol. The van der Waals surface area contributed by atoms with E-state index in [-0.39, 0.29) is 30.5 Å². The van der Waals surface area contributed by atoms with Crippen molar-refractivity contribution in [2.45, 2.75) is 57.2 Å². The van der Waals surface area contributed by atoms with Crippen LogP contribution in [0, 0.1) is 5.92 Å². The largest absolute Gasteiger partial charge is 0.392 e. The van der Waals surface area contributed by atoms with Crippen LogP contribution in [0.1, 0.15) is 54.4 Å². The number of aliphatic hydroxyl groups excluding tert-OH is 1. The van der Waals surface area contributed by atoms with Crippen LogP contribution in [0.3, 0.4) is 0 Å². The van der Waals surface area contributed by atoms with Crippen LogP contribution in [-0.2, 0) is 32.1 Å². The van der Waals surface area contributed by atoms with Gasteiger partial charge < -0.3 is 34.7 Å². The summed E-state index contributed by atoms with van der Waals surface area (Å²) in [5, 5.41) is 9.54. The van der Waals surface area contributed by atoms with Gasteiger partial charge in [-0.25, -0.2) is 0 Å². The average Bonchev–Trinajstić information content (AvgIpc) is 3.47. The zero-order valence-electron chi connectivity index (χ0n) is 23.2. The normalized spacial score (nSPS) is 26.8. The quantitative estimate of drug-likeness (QED) is 0.436. The van der Waals surface area contributed by atoms with Crippen LogP contribution in [0.15, 0.2) is 72.8 Å². The number of rotatable bonds is 7. The minimum Gasteiger partial charge on any atom is -0.392 e. The first-order valence-electron chi connectivity index (χ1n) is 14.5. The molecule has 0 unspecified atom stereocenters. The fraction of sp³-hybridized carbons (Fsp3) is 0.455. The molecule has 3 aliphatic rings. The molecule has 0 aliphatic carbocycles. The Kier molecular flexibility index (Phi) is 8.32. The number of hydrogen-bond acceptors (Lipinski definition) is 7. The van der Waals surface area contributed by atoms with Gasteiger partial charge in [-0.1, -0.05) is 73.7 Å². The van der Waals surface area contributed by atoms with Gasteiger partial charge in [0.2, 0.25) is 0 Å². The molecule has 3 N–H and O–H groups in total. The highest BCUT2D eigenvalue weighted by molar-refractivity contribution is 5.64. The molecule has 40 heavy (non-hydrogen) atoms. The summed E-state index contributed by atoms with van der Waals surface area (Å²) in [5.41, 5.74) is 12.2. The zero-order valence-corrected chi connectivity index (χ0v) is 23.2. The molecule has 0 saturated carbocycles. The van der Waals surface area contributed by atoms with Crippen LogP contribution < -0.4 is 5.73 Å². The number of nitrogens with zero attached hydrogens (tertiary/aromatic N) is 1. The molecule has 3 aromatic rings. The van der Waals surface area contributed by atoms with E-state index in [2.05, 4.69) is 60.4 Å². The molecule has 0 bridgehead atoms. The van der Waals surface area contributed by atoms with Crippen molar-refractivity contribution in [3.63, 3.8) is 0 Å². The fourth-order valence-corrected chi connectivity index (χ4v) is 6.16. The predicted octanol–water partition coefficient (Wildman–Crippen LogP) is 4.93. The van der Waals surface area contributed by atoms with E-state index >= 15 is 0 Å². The number of piperidine rings is 1. The molecule has 3 heterocycles. The Balaban J connectivity index is 1.22. The Morgan fingerprint density at radius 1 is 0.850 bits per heavy atom. The summed E-state index contributed by atoms with van der Waals surface area (Å²) in [6, 6.07) is 24.9. The number of likely N-dealkylation sites (tertiary alicyclic amines) is 1. The lowest BCUT2D eigenvalue weighted by atomic mass is 9.89. The Labute approximate surface area is 236 Å². The van der Waals surface area contributed by atoms with Crippen molar-refractivity contribution >= 4 is 0 Å². The topological polar surface area (TPSA) is 86.4 Å². The first-order valence-corrected chi connectivity index (χ1v) is 14.5. The van der Waals surface area contributed by atoms with E-state index in [1.54, 1.807) is 0 Å². The number of ether oxygens (including phenoxy) is 4. The Morgan fingerprint density at radius 2 is 1.55 bits per heavy atom. The second-order valence-electron chi connectivity index (χ2n) is 11.3. The van der Waals surface area contributed by atoms with Gasteiger partial charge in [-0.05, 0) is 33.9 Å². The monoisotopic (exact) mass is 544 g/mol. The molecule has 3 aromatic carbocycles. The van der Waals surface area contributed by atoms with Gasteiger partial charge >= 0.3 is 0 Å². The molecule has 7 nitrogen and oxygen atoms in total. The number of benzene rings is 3. The summed E-state index contributed by atoms with van der Waals surface area (Å²) in [5.74, 6) is -0.242. The van der Waals surface area contributed by atoms with Crippen LogP contribution in [-0.4, -0.2) is 54.7 Å². The van der Waals surface area contributed by atoms with Crippen LogP contribution in [0.2, 0.25) is 0 Å². The molecular weight excluding hydrogens is 504 g/mol. The number of hydrogen-bond donors (Lipinski definition) is 2. The van der Waals surface area contributed by atoms with E-state index in [4.69, 9.17) is 24.7 Å². The third kappa shape index (κ3) is 5.87. The fourth-order valence-electron chi connectivity index (χ4n) is 6.16. The second-order valence-corrected chi connectivity index (χ2v) is 11.3. The second kappa shape index (κ2) is 12.1.